The summed E-state index contributed by atoms with van der Waals surface area (Å²) in [5.41, 5.74) is 1.15. The number of amidine groups is 1. The van der Waals surface area contributed by atoms with Gasteiger partial charge in [0.25, 0.3) is 0 Å². The number of rotatable bonds is 1. The summed E-state index contributed by atoms with van der Waals surface area (Å²) < 4.78 is 0. The summed E-state index contributed by atoms with van der Waals surface area (Å²) in [7, 11) is 0. The van der Waals surface area contributed by atoms with Crippen LogP contribution < -0.4 is 5.32 Å². The van der Waals surface area contributed by atoms with E-state index in [1.54, 1.807) is 0 Å². The van der Waals surface area contributed by atoms with Crippen LogP contribution in [0, 0.1) is 5.92 Å². The van der Waals surface area contributed by atoms with Crippen molar-refractivity contribution in [1.29, 1.82) is 0 Å². The molecule has 1 saturated carbocycles. The van der Waals surface area contributed by atoms with E-state index in [-0.39, 0.29) is 0 Å². The Morgan fingerprint density at radius 1 is 1.12 bits per heavy atom. The van der Waals surface area contributed by atoms with Gasteiger partial charge < -0.3 is 5.32 Å². The SMILES string of the molecule is c1ccc(NC2=NC3CCCCC3CS2)cc1. The number of anilines is 1. The smallest absolute Gasteiger partial charge is 0.161 e. The molecule has 2 atom stereocenters. The summed E-state index contributed by atoms with van der Waals surface area (Å²) in [6.45, 7) is 0. The molecule has 1 aromatic rings. The fourth-order valence-corrected chi connectivity index (χ4v) is 3.80. The molecule has 1 N–H and O–H groups in total. The number of para-hydroxylation sites is 1. The van der Waals surface area contributed by atoms with Crippen LogP contribution in [0.2, 0.25) is 0 Å². The summed E-state index contributed by atoms with van der Waals surface area (Å²) in [6.07, 6.45) is 5.41. The summed E-state index contributed by atoms with van der Waals surface area (Å²) in [6, 6.07) is 10.9. The molecule has 0 radical (unpaired) electrons. The van der Waals surface area contributed by atoms with E-state index in [1.165, 1.54) is 31.4 Å². The number of fused-ring (bicyclic) bond motifs is 1. The van der Waals surface area contributed by atoms with Crippen LogP contribution >= 0.6 is 11.8 Å². The third-order valence-corrected chi connectivity index (χ3v) is 4.69. The zero-order valence-electron chi connectivity index (χ0n) is 9.93. The second kappa shape index (κ2) is 5.13. The molecule has 3 rings (SSSR count). The van der Waals surface area contributed by atoms with Gasteiger partial charge in [0, 0.05) is 11.4 Å². The van der Waals surface area contributed by atoms with Gasteiger partial charge in [0.15, 0.2) is 5.17 Å². The molecule has 2 unspecified atom stereocenters. The summed E-state index contributed by atoms with van der Waals surface area (Å²) in [4.78, 5) is 4.87. The van der Waals surface area contributed by atoms with Crippen LogP contribution in [0.4, 0.5) is 5.69 Å². The number of nitrogens with one attached hydrogen (secondary N) is 1. The Morgan fingerprint density at radius 3 is 2.82 bits per heavy atom. The molecule has 3 heteroatoms. The van der Waals surface area contributed by atoms with E-state index < -0.39 is 0 Å². The van der Waals surface area contributed by atoms with Crippen LogP contribution in [0.1, 0.15) is 25.7 Å². The molecule has 0 saturated heterocycles. The van der Waals surface area contributed by atoms with Crippen molar-refractivity contribution in [3.8, 4) is 0 Å². The van der Waals surface area contributed by atoms with Crippen molar-refractivity contribution in [3.05, 3.63) is 30.3 Å². The Balaban J connectivity index is 1.70. The molecular formula is C14H18N2S. The van der Waals surface area contributed by atoms with Gasteiger partial charge in [-0.25, -0.2) is 0 Å². The molecule has 0 bridgehead atoms. The highest BCUT2D eigenvalue weighted by atomic mass is 32.2. The minimum Gasteiger partial charge on any atom is -0.335 e. The molecule has 1 aliphatic carbocycles. The lowest BCUT2D eigenvalue weighted by Gasteiger charge is -2.32. The molecule has 0 aromatic heterocycles. The largest absolute Gasteiger partial charge is 0.335 e. The Bertz CT molecular complexity index is 402. The van der Waals surface area contributed by atoms with Gasteiger partial charge in [0.05, 0.1) is 6.04 Å². The number of hydrogen-bond acceptors (Lipinski definition) is 3. The van der Waals surface area contributed by atoms with Crippen LogP contribution in [0.5, 0.6) is 0 Å². The molecule has 17 heavy (non-hydrogen) atoms. The van der Waals surface area contributed by atoms with E-state index in [4.69, 9.17) is 4.99 Å². The predicted octanol–water partition coefficient (Wildman–Crippen LogP) is 3.76. The molecule has 0 spiro atoms. The fraction of sp³-hybridized carbons (Fsp3) is 0.500. The van der Waals surface area contributed by atoms with Gasteiger partial charge in [-0.1, -0.05) is 42.8 Å². The lowest BCUT2D eigenvalue weighted by Crippen LogP contribution is -2.31. The van der Waals surface area contributed by atoms with Crippen LogP contribution in [-0.4, -0.2) is 17.0 Å². The van der Waals surface area contributed by atoms with Crippen molar-refractivity contribution < 1.29 is 0 Å². The first-order valence-corrected chi connectivity index (χ1v) is 7.43. The molecule has 1 aliphatic heterocycles. The lowest BCUT2D eigenvalue weighted by molar-refractivity contribution is 0.336. The van der Waals surface area contributed by atoms with Crippen molar-refractivity contribution >= 4 is 22.6 Å². The first-order valence-electron chi connectivity index (χ1n) is 6.44. The molecule has 0 amide bonds. The number of aliphatic imine (C=N–C) groups is 1. The number of benzene rings is 1. The monoisotopic (exact) mass is 246 g/mol. The normalized spacial score (nSPS) is 28.1. The molecule has 1 fully saturated rings. The average molecular weight is 246 g/mol. The van der Waals surface area contributed by atoms with Gasteiger partial charge in [-0.3, -0.25) is 4.99 Å². The van der Waals surface area contributed by atoms with Gasteiger partial charge in [-0.05, 0) is 30.9 Å². The van der Waals surface area contributed by atoms with Gasteiger partial charge >= 0.3 is 0 Å². The summed E-state index contributed by atoms with van der Waals surface area (Å²) in [5.74, 6) is 2.07. The van der Waals surface area contributed by atoms with E-state index in [1.807, 2.05) is 17.8 Å². The Labute approximate surface area is 107 Å². The van der Waals surface area contributed by atoms with Crippen LogP contribution in [0.3, 0.4) is 0 Å². The second-order valence-corrected chi connectivity index (χ2v) is 5.86. The Morgan fingerprint density at radius 2 is 1.94 bits per heavy atom. The van der Waals surface area contributed by atoms with Crippen LogP contribution in [0.25, 0.3) is 0 Å². The molecular weight excluding hydrogens is 228 g/mol. The van der Waals surface area contributed by atoms with Crippen LogP contribution in [-0.2, 0) is 0 Å². The second-order valence-electron chi connectivity index (χ2n) is 4.85. The molecule has 2 nitrogen and oxygen atoms in total. The summed E-state index contributed by atoms with van der Waals surface area (Å²) in [5, 5.41) is 4.54. The van der Waals surface area contributed by atoms with Gasteiger partial charge in [-0.2, -0.15) is 0 Å². The third kappa shape index (κ3) is 2.65. The summed E-state index contributed by atoms with van der Waals surface area (Å²) >= 11 is 1.88. The first-order chi connectivity index (χ1) is 8.42. The van der Waals surface area contributed by atoms with Crippen molar-refractivity contribution in [3.63, 3.8) is 0 Å². The minimum atomic E-state index is 0.580. The maximum Gasteiger partial charge on any atom is 0.161 e. The van der Waals surface area contributed by atoms with Gasteiger partial charge in [0.2, 0.25) is 0 Å². The molecule has 1 heterocycles. The number of hydrogen-bond donors (Lipinski definition) is 1. The van der Waals surface area contributed by atoms with Crippen molar-refractivity contribution in [2.45, 2.75) is 31.7 Å². The molecule has 1 aromatic carbocycles. The van der Waals surface area contributed by atoms with E-state index in [0.29, 0.717) is 6.04 Å². The zero-order valence-corrected chi connectivity index (χ0v) is 10.7. The predicted molar refractivity (Wildman–Crippen MR) is 75.7 cm³/mol. The maximum atomic E-state index is 4.87. The van der Waals surface area contributed by atoms with Crippen molar-refractivity contribution in [1.82, 2.24) is 0 Å². The first kappa shape index (κ1) is 11.1. The lowest BCUT2D eigenvalue weighted by atomic mass is 9.86. The maximum absolute atomic E-state index is 4.87. The number of thioether (sulfide) groups is 1. The van der Waals surface area contributed by atoms with E-state index in [0.717, 1.165) is 16.8 Å². The highest BCUT2D eigenvalue weighted by Crippen LogP contribution is 2.34. The standard InChI is InChI=1S/C14H18N2S/c1-2-7-12(8-3-1)15-14-16-13-9-5-4-6-11(13)10-17-14/h1-3,7-8,11,13H,4-6,9-10H2,(H,15,16). The minimum absolute atomic E-state index is 0.580. The Kier molecular flexibility index (Phi) is 3.36. The van der Waals surface area contributed by atoms with E-state index >= 15 is 0 Å². The highest BCUT2D eigenvalue weighted by molar-refractivity contribution is 8.14. The van der Waals surface area contributed by atoms with Gasteiger partial charge in [0.1, 0.15) is 0 Å². The number of nitrogens with zero attached hydrogens (tertiary/aromatic N) is 1. The zero-order chi connectivity index (χ0) is 11.5. The van der Waals surface area contributed by atoms with Crippen molar-refractivity contribution in [2.24, 2.45) is 10.9 Å². The van der Waals surface area contributed by atoms with Crippen LogP contribution in [0.15, 0.2) is 35.3 Å². The quantitative estimate of drug-likeness (QED) is 0.816. The third-order valence-electron chi connectivity index (χ3n) is 3.61. The average Bonchev–Trinajstić information content (AvgIpc) is 2.40. The molecule has 90 valence electrons. The Hall–Kier alpha value is -0.960. The topological polar surface area (TPSA) is 24.4 Å². The highest BCUT2D eigenvalue weighted by Gasteiger charge is 2.28. The van der Waals surface area contributed by atoms with E-state index in [9.17, 15) is 0 Å². The molecule has 2 aliphatic rings. The van der Waals surface area contributed by atoms with E-state index in [2.05, 4.69) is 29.6 Å². The van der Waals surface area contributed by atoms with Crippen molar-refractivity contribution in [2.75, 3.05) is 11.1 Å². The van der Waals surface area contributed by atoms with Gasteiger partial charge in [-0.15, -0.1) is 0 Å². The fourth-order valence-electron chi connectivity index (χ4n) is 2.64.